The van der Waals surface area contributed by atoms with E-state index in [1.54, 1.807) is 21.3 Å². The molecule has 0 amide bonds. The number of methoxy groups -OCH3 is 4. The Hall–Kier alpha value is -5.18. The van der Waals surface area contributed by atoms with Crippen molar-refractivity contribution in [1.29, 1.82) is 0 Å². The van der Waals surface area contributed by atoms with Gasteiger partial charge in [-0.05, 0) is 69.9 Å². The molecular weight excluding hydrogens is 536 g/mol. The molecule has 7 rings (SSSR count). The summed E-state index contributed by atoms with van der Waals surface area (Å²) in [6.07, 6.45) is 1.98. The Kier molecular flexibility index (Phi) is 6.15. The van der Waals surface area contributed by atoms with Crippen molar-refractivity contribution in [2.75, 3.05) is 35.2 Å². The van der Waals surface area contributed by atoms with E-state index in [9.17, 15) is 4.79 Å². The third kappa shape index (κ3) is 4.00. The van der Waals surface area contributed by atoms with Crippen molar-refractivity contribution in [2.45, 2.75) is 5.92 Å². The minimum Gasteiger partial charge on any atom is -0.493 e. The second-order valence-electron chi connectivity index (χ2n) is 10.2. The van der Waals surface area contributed by atoms with Gasteiger partial charge in [-0.15, -0.1) is 0 Å². The number of aromatic amines is 1. The lowest BCUT2D eigenvalue weighted by atomic mass is 9.71. The summed E-state index contributed by atoms with van der Waals surface area (Å²) in [6.45, 7) is 0.126. The highest BCUT2D eigenvalue weighted by Gasteiger charge is 2.42. The predicted octanol–water partition coefficient (Wildman–Crippen LogP) is 5.95. The molecule has 42 heavy (non-hydrogen) atoms. The Morgan fingerprint density at radius 3 is 2.24 bits per heavy atom. The fourth-order valence-corrected chi connectivity index (χ4v) is 6.08. The van der Waals surface area contributed by atoms with E-state index in [1.807, 2.05) is 48.5 Å². The van der Waals surface area contributed by atoms with E-state index in [0.717, 1.165) is 38.5 Å². The molecule has 212 valence electrons. The zero-order chi connectivity index (χ0) is 29.0. The number of hydrogen-bond donors (Lipinski definition) is 1. The molecule has 1 aliphatic carbocycles. The Bertz CT molecular complexity index is 1830. The molecule has 1 aliphatic heterocycles. The van der Waals surface area contributed by atoms with E-state index in [2.05, 4.69) is 23.2 Å². The van der Waals surface area contributed by atoms with Crippen molar-refractivity contribution in [3.63, 3.8) is 0 Å². The van der Waals surface area contributed by atoms with Gasteiger partial charge in [0.25, 0.3) is 0 Å². The monoisotopic (exact) mass is 564 g/mol. The Morgan fingerprint density at radius 2 is 1.57 bits per heavy atom. The number of nitrogens with one attached hydrogen (secondary N) is 1. The first-order valence-electron chi connectivity index (χ1n) is 13.4. The van der Waals surface area contributed by atoms with Crippen LogP contribution < -0.4 is 23.7 Å². The van der Waals surface area contributed by atoms with Crippen LogP contribution in [0.15, 0.2) is 60.7 Å². The summed E-state index contributed by atoms with van der Waals surface area (Å²) in [6, 6.07) is 19.8. The number of hydrogen-bond acceptors (Lipinski definition) is 8. The third-order valence-electron chi connectivity index (χ3n) is 8.02. The number of imidazole rings is 1. The molecule has 2 heterocycles. The molecule has 0 bridgehead atoms. The third-order valence-corrected chi connectivity index (χ3v) is 8.02. The molecule has 0 saturated heterocycles. The molecule has 0 radical (unpaired) electrons. The van der Waals surface area contributed by atoms with E-state index in [4.69, 9.17) is 33.4 Å². The summed E-state index contributed by atoms with van der Waals surface area (Å²) in [4.78, 5) is 22.2. The molecule has 5 aromatic rings. The van der Waals surface area contributed by atoms with Gasteiger partial charge in [-0.1, -0.05) is 24.3 Å². The van der Waals surface area contributed by atoms with E-state index < -0.39 is 17.8 Å². The minimum absolute atomic E-state index is 0.126. The fraction of sp³-hybridized carbons (Fsp3) is 0.212. The van der Waals surface area contributed by atoms with Crippen molar-refractivity contribution in [3.05, 3.63) is 83.2 Å². The van der Waals surface area contributed by atoms with Crippen LogP contribution in [0.4, 0.5) is 0 Å². The van der Waals surface area contributed by atoms with Crippen molar-refractivity contribution in [1.82, 2.24) is 9.97 Å². The Morgan fingerprint density at radius 1 is 0.881 bits per heavy atom. The van der Waals surface area contributed by atoms with Crippen LogP contribution in [0.25, 0.3) is 33.5 Å². The highest BCUT2D eigenvalue weighted by molar-refractivity contribution is 6.01. The number of nitrogens with zero attached hydrogens (tertiary/aromatic N) is 1. The SMILES string of the molecule is COC(=O)[C@H]1C(c2nc3cc4ccccc4cc3[nH]2)=Cc2cc3c(cc2[C@H]1c1cc(OC)c(OC)c(OC)c1)OCO3. The van der Waals surface area contributed by atoms with Gasteiger partial charge in [0.2, 0.25) is 12.5 Å². The molecule has 0 unspecified atom stereocenters. The maximum absolute atomic E-state index is 13.8. The van der Waals surface area contributed by atoms with Gasteiger partial charge in [-0.25, -0.2) is 4.98 Å². The van der Waals surface area contributed by atoms with E-state index in [-0.39, 0.29) is 6.79 Å². The minimum atomic E-state index is -0.763. The smallest absolute Gasteiger partial charge is 0.314 e. The number of ether oxygens (including phenoxy) is 6. The number of esters is 1. The highest BCUT2D eigenvalue weighted by Crippen LogP contribution is 2.52. The molecule has 0 saturated carbocycles. The maximum Gasteiger partial charge on any atom is 0.314 e. The summed E-state index contributed by atoms with van der Waals surface area (Å²) in [5, 5.41) is 2.18. The van der Waals surface area contributed by atoms with Crippen molar-refractivity contribution < 1.29 is 33.2 Å². The lowest BCUT2D eigenvalue weighted by molar-refractivity contribution is -0.143. The standard InChI is InChI=1S/C33H28N2O7/c1-37-27-13-20(14-28(38-2)31(27)39-3)29-21-15-26-25(41-16-42-26)12-19(21)9-22(30(29)33(36)40-4)32-34-23-10-17-7-5-6-8-18(17)11-24(23)35-32/h5-15,29-30H,16H2,1-4H3,(H,34,35)/t29-,30+/m1/s1. The molecule has 4 aromatic carbocycles. The summed E-state index contributed by atoms with van der Waals surface area (Å²) in [7, 11) is 6.08. The molecule has 1 aromatic heterocycles. The molecular formula is C33H28N2O7. The molecule has 9 heteroatoms. The average molecular weight is 565 g/mol. The Labute approximate surface area is 241 Å². The number of fused-ring (bicyclic) bond motifs is 4. The number of carbonyl (C=O) groups is 1. The van der Waals surface area contributed by atoms with Crippen LogP contribution in [0.1, 0.15) is 28.4 Å². The first kappa shape index (κ1) is 25.8. The normalized spacial score (nSPS) is 17.1. The molecule has 0 fully saturated rings. The highest BCUT2D eigenvalue weighted by atomic mass is 16.7. The van der Waals surface area contributed by atoms with Crippen LogP contribution in [0, 0.1) is 5.92 Å². The van der Waals surface area contributed by atoms with E-state index >= 15 is 0 Å². The molecule has 1 N–H and O–H groups in total. The average Bonchev–Trinajstić information content (AvgIpc) is 3.66. The van der Waals surface area contributed by atoms with Crippen molar-refractivity contribution in [2.24, 2.45) is 5.92 Å². The second-order valence-corrected chi connectivity index (χ2v) is 10.2. The maximum atomic E-state index is 13.8. The zero-order valence-electron chi connectivity index (χ0n) is 23.5. The second kappa shape index (κ2) is 10.0. The molecule has 0 spiro atoms. The van der Waals surface area contributed by atoms with Gasteiger partial charge in [0, 0.05) is 11.5 Å². The summed E-state index contributed by atoms with van der Waals surface area (Å²) >= 11 is 0. The molecule has 9 nitrogen and oxygen atoms in total. The number of H-pyrrole nitrogens is 1. The lowest BCUT2D eigenvalue weighted by Gasteiger charge is -2.33. The first-order valence-corrected chi connectivity index (χ1v) is 13.4. The van der Waals surface area contributed by atoms with Crippen LogP contribution in [0.3, 0.4) is 0 Å². The molecule has 2 aliphatic rings. The Balaban J connectivity index is 1.49. The van der Waals surface area contributed by atoms with E-state index in [0.29, 0.717) is 40.1 Å². The van der Waals surface area contributed by atoms with Gasteiger partial charge < -0.3 is 33.4 Å². The topological polar surface area (TPSA) is 101 Å². The summed E-state index contributed by atoms with van der Waals surface area (Å²) in [5.41, 5.74) is 4.87. The van der Waals surface area contributed by atoms with Crippen LogP contribution in [0.2, 0.25) is 0 Å². The largest absolute Gasteiger partial charge is 0.493 e. The summed E-state index contributed by atoms with van der Waals surface area (Å²) < 4.78 is 33.8. The lowest BCUT2D eigenvalue weighted by Crippen LogP contribution is -2.29. The number of rotatable bonds is 6. The zero-order valence-corrected chi connectivity index (χ0v) is 23.5. The van der Waals surface area contributed by atoms with E-state index in [1.165, 1.54) is 7.11 Å². The number of carbonyl (C=O) groups excluding carboxylic acids is 1. The number of aromatic nitrogens is 2. The molecule has 2 atom stereocenters. The fourth-order valence-electron chi connectivity index (χ4n) is 6.08. The van der Waals surface area contributed by atoms with Crippen LogP contribution in [0.5, 0.6) is 28.7 Å². The number of benzene rings is 4. The van der Waals surface area contributed by atoms with Gasteiger partial charge >= 0.3 is 5.97 Å². The van der Waals surface area contributed by atoms with Gasteiger partial charge in [0.05, 0.1) is 45.4 Å². The predicted molar refractivity (Wildman–Crippen MR) is 157 cm³/mol. The van der Waals surface area contributed by atoms with Crippen LogP contribution in [-0.4, -0.2) is 51.2 Å². The van der Waals surface area contributed by atoms with Gasteiger partial charge in [-0.3, -0.25) is 4.79 Å². The summed E-state index contributed by atoms with van der Waals surface area (Å²) in [5.74, 6) is 1.56. The van der Waals surface area contributed by atoms with Crippen molar-refractivity contribution >= 4 is 39.4 Å². The van der Waals surface area contributed by atoms with Gasteiger partial charge in [-0.2, -0.15) is 0 Å². The quantitative estimate of drug-likeness (QED) is 0.253. The van der Waals surface area contributed by atoms with Crippen LogP contribution >= 0.6 is 0 Å². The van der Waals surface area contributed by atoms with Crippen molar-refractivity contribution in [3.8, 4) is 28.7 Å². The van der Waals surface area contributed by atoms with Crippen LogP contribution in [-0.2, 0) is 9.53 Å². The first-order chi connectivity index (χ1) is 20.5. The van der Waals surface area contributed by atoms with Gasteiger partial charge in [0.1, 0.15) is 5.82 Å². The van der Waals surface area contributed by atoms with Gasteiger partial charge in [0.15, 0.2) is 23.0 Å².